The predicted molar refractivity (Wildman–Crippen MR) is 141 cm³/mol. The summed E-state index contributed by atoms with van der Waals surface area (Å²) in [7, 11) is 0. The standard InChI is InChI=1S/C29H53NO5/c1-4-6-8-10-11-12-13-14-15-17-25(34-28(32)24(22-31)19-23(3)21-30)20-27-26(29(33)35-27)18-16-9-7-5-2/h22-27H,4-21,30H2,1-3H3. The van der Waals surface area contributed by atoms with Crippen molar-refractivity contribution in [3.63, 3.8) is 0 Å². The molecule has 2 N–H and O–H groups in total. The van der Waals surface area contributed by atoms with Gasteiger partial charge in [0, 0.05) is 6.42 Å². The maximum Gasteiger partial charge on any atom is 0.316 e. The lowest BCUT2D eigenvalue weighted by Crippen LogP contribution is -2.47. The number of cyclic esters (lactones) is 1. The van der Waals surface area contributed by atoms with Crippen molar-refractivity contribution in [1.29, 1.82) is 0 Å². The average molecular weight is 496 g/mol. The highest BCUT2D eigenvalue weighted by Crippen LogP contribution is 2.33. The van der Waals surface area contributed by atoms with E-state index in [1.54, 1.807) is 0 Å². The maximum atomic E-state index is 12.8. The fraction of sp³-hybridized carbons (Fsp3) is 0.897. The highest BCUT2D eigenvalue weighted by Gasteiger charge is 2.43. The van der Waals surface area contributed by atoms with Gasteiger partial charge in [-0.05, 0) is 38.1 Å². The van der Waals surface area contributed by atoms with Gasteiger partial charge >= 0.3 is 11.9 Å². The van der Waals surface area contributed by atoms with Crippen molar-refractivity contribution in [2.24, 2.45) is 23.5 Å². The van der Waals surface area contributed by atoms with E-state index in [2.05, 4.69) is 13.8 Å². The van der Waals surface area contributed by atoms with Crippen LogP contribution in [0, 0.1) is 17.8 Å². The van der Waals surface area contributed by atoms with Gasteiger partial charge in [0.2, 0.25) is 0 Å². The van der Waals surface area contributed by atoms with Crippen molar-refractivity contribution >= 4 is 18.2 Å². The van der Waals surface area contributed by atoms with Gasteiger partial charge in [0.1, 0.15) is 24.4 Å². The number of hydrogen-bond acceptors (Lipinski definition) is 6. The van der Waals surface area contributed by atoms with Crippen LogP contribution in [0.25, 0.3) is 0 Å². The zero-order valence-electron chi connectivity index (χ0n) is 22.8. The number of rotatable bonds is 23. The van der Waals surface area contributed by atoms with Crippen molar-refractivity contribution in [3.05, 3.63) is 0 Å². The molecule has 0 aromatic rings. The van der Waals surface area contributed by atoms with Crippen LogP contribution in [0.3, 0.4) is 0 Å². The molecule has 0 aromatic carbocycles. The summed E-state index contributed by atoms with van der Waals surface area (Å²) in [6.07, 6.45) is 18.2. The number of nitrogens with two attached hydrogens (primary N) is 1. The molecule has 0 aromatic heterocycles. The van der Waals surface area contributed by atoms with Crippen LogP contribution in [0.2, 0.25) is 0 Å². The number of carbonyl (C=O) groups is 3. The van der Waals surface area contributed by atoms with Gasteiger partial charge in [0.05, 0.1) is 5.92 Å². The zero-order valence-corrected chi connectivity index (χ0v) is 22.8. The van der Waals surface area contributed by atoms with E-state index in [0.717, 1.165) is 44.9 Å². The maximum absolute atomic E-state index is 12.8. The lowest BCUT2D eigenvalue weighted by Gasteiger charge is -2.37. The highest BCUT2D eigenvalue weighted by atomic mass is 16.6. The Morgan fingerprint density at radius 2 is 1.54 bits per heavy atom. The van der Waals surface area contributed by atoms with E-state index in [1.165, 1.54) is 51.4 Å². The van der Waals surface area contributed by atoms with E-state index in [0.29, 0.717) is 25.7 Å². The lowest BCUT2D eigenvalue weighted by atomic mass is 9.86. The molecule has 1 heterocycles. The van der Waals surface area contributed by atoms with Crippen LogP contribution in [0.4, 0.5) is 0 Å². The molecular formula is C29H53NO5. The summed E-state index contributed by atoms with van der Waals surface area (Å²) in [5.41, 5.74) is 5.68. The SMILES string of the molecule is CCCCCCCCCCCC(CC1OC(=O)C1CCCCCC)OC(=O)C(C=O)CC(C)CN. The summed E-state index contributed by atoms with van der Waals surface area (Å²) in [5.74, 6) is -1.38. The zero-order chi connectivity index (χ0) is 25.9. The van der Waals surface area contributed by atoms with E-state index in [-0.39, 0.29) is 30.0 Å². The van der Waals surface area contributed by atoms with Crippen LogP contribution >= 0.6 is 0 Å². The van der Waals surface area contributed by atoms with Crippen LogP contribution in [0.1, 0.15) is 130 Å². The molecule has 0 saturated carbocycles. The summed E-state index contributed by atoms with van der Waals surface area (Å²) in [6, 6.07) is 0. The first kappa shape index (κ1) is 31.6. The fourth-order valence-electron chi connectivity index (χ4n) is 4.86. The summed E-state index contributed by atoms with van der Waals surface area (Å²) >= 11 is 0. The third-order valence-corrected chi connectivity index (χ3v) is 7.32. The molecular weight excluding hydrogens is 442 g/mol. The molecule has 204 valence electrons. The Morgan fingerprint density at radius 1 is 0.971 bits per heavy atom. The van der Waals surface area contributed by atoms with Crippen LogP contribution in [0.5, 0.6) is 0 Å². The van der Waals surface area contributed by atoms with Gasteiger partial charge in [-0.2, -0.15) is 0 Å². The van der Waals surface area contributed by atoms with Gasteiger partial charge in [-0.25, -0.2) is 0 Å². The van der Waals surface area contributed by atoms with E-state index in [4.69, 9.17) is 15.2 Å². The van der Waals surface area contributed by atoms with E-state index < -0.39 is 11.9 Å². The van der Waals surface area contributed by atoms with Gasteiger partial charge in [0.15, 0.2) is 0 Å². The molecule has 6 heteroatoms. The largest absolute Gasteiger partial charge is 0.462 e. The monoisotopic (exact) mass is 495 g/mol. The summed E-state index contributed by atoms with van der Waals surface area (Å²) < 4.78 is 11.3. The number of unbranched alkanes of at least 4 members (excludes halogenated alkanes) is 11. The van der Waals surface area contributed by atoms with Crippen LogP contribution in [-0.4, -0.2) is 37.0 Å². The number of esters is 2. The summed E-state index contributed by atoms with van der Waals surface area (Å²) in [4.78, 5) is 36.4. The molecule has 5 unspecified atom stereocenters. The van der Waals surface area contributed by atoms with E-state index >= 15 is 0 Å². The first-order valence-corrected chi connectivity index (χ1v) is 14.5. The van der Waals surface area contributed by atoms with E-state index in [1.807, 2.05) is 6.92 Å². The second-order valence-electron chi connectivity index (χ2n) is 10.7. The first-order chi connectivity index (χ1) is 17.0. The third kappa shape index (κ3) is 13.5. The Kier molecular flexibility index (Phi) is 17.8. The quantitative estimate of drug-likeness (QED) is 0.0750. The molecule has 0 radical (unpaired) electrons. The molecule has 6 nitrogen and oxygen atoms in total. The van der Waals surface area contributed by atoms with Crippen LogP contribution in [-0.2, 0) is 23.9 Å². The molecule has 1 fully saturated rings. The topological polar surface area (TPSA) is 95.7 Å². The normalized spacial score (nSPS) is 19.9. The minimum atomic E-state index is -0.784. The van der Waals surface area contributed by atoms with Crippen molar-refractivity contribution in [1.82, 2.24) is 0 Å². The number of carbonyl (C=O) groups excluding carboxylic acids is 3. The van der Waals surface area contributed by atoms with Gasteiger partial charge in [-0.1, -0.05) is 97.8 Å². The molecule has 1 aliphatic rings. The van der Waals surface area contributed by atoms with Crippen molar-refractivity contribution in [2.75, 3.05) is 6.54 Å². The predicted octanol–water partition coefficient (Wildman–Crippen LogP) is 6.52. The van der Waals surface area contributed by atoms with Gasteiger partial charge in [-0.15, -0.1) is 0 Å². The van der Waals surface area contributed by atoms with Gasteiger partial charge in [-0.3, -0.25) is 9.59 Å². The Morgan fingerprint density at radius 3 is 2.09 bits per heavy atom. The second-order valence-corrected chi connectivity index (χ2v) is 10.7. The molecule has 35 heavy (non-hydrogen) atoms. The Bertz CT molecular complexity index is 581. The highest BCUT2D eigenvalue weighted by molar-refractivity contribution is 5.87. The first-order valence-electron chi connectivity index (χ1n) is 14.5. The molecule has 5 atom stereocenters. The van der Waals surface area contributed by atoms with Crippen LogP contribution < -0.4 is 5.73 Å². The van der Waals surface area contributed by atoms with Gasteiger partial charge in [0.25, 0.3) is 0 Å². The Labute approximate surface area is 214 Å². The molecule has 1 rings (SSSR count). The minimum Gasteiger partial charge on any atom is -0.462 e. The third-order valence-electron chi connectivity index (χ3n) is 7.32. The molecule has 0 amide bonds. The summed E-state index contributed by atoms with van der Waals surface area (Å²) in [5, 5.41) is 0. The Balaban J connectivity index is 2.56. The Hall–Kier alpha value is -1.43. The molecule has 1 saturated heterocycles. The van der Waals surface area contributed by atoms with E-state index in [9.17, 15) is 14.4 Å². The summed E-state index contributed by atoms with van der Waals surface area (Å²) in [6.45, 7) is 6.77. The smallest absolute Gasteiger partial charge is 0.316 e. The minimum absolute atomic E-state index is 0.0774. The molecule has 1 aliphatic heterocycles. The molecule has 0 aliphatic carbocycles. The molecule has 0 bridgehead atoms. The van der Waals surface area contributed by atoms with Crippen molar-refractivity contribution < 1.29 is 23.9 Å². The fourth-order valence-corrected chi connectivity index (χ4v) is 4.86. The van der Waals surface area contributed by atoms with Crippen molar-refractivity contribution in [2.45, 2.75) is 142 Å². The number of ether oxygens (including phenoxy) is 2. The number of aldehydes is 1. The number of hydrogen-bond donors (Lipinski definition) is 1. The van der Waals surface area contributed by atoms with Crippen LogP contribution in [0.15, 0.2) is 0 Å². The molecule has 0 spiro atoms. The average Bonchev–Trinajstić information content (AvgIpc) is 2.85. The second kappa shape index (κ2) is 19.7. The van der Waals surface area contributed by atoms with Gasteiger partial charge < -0.3 is 20.0 Å². The lowest BCUT2D eigenvalue weighted by molar-refractivity contribution is -0.190. The van der Waals surface area contributed by atoms with Crippen molar-refractivity contribution in [3.8, 4) is 0 Å².